The Balaban J connectivity index is 2.96. The average Bonchev–Trinajstić information content (AvgIpc) is 2.76. The molecule has 5 heteroatoms. The molecule has 1 unspecified atom stereocenters. The van der Waals surface area contributed by atoms with E-state index in [1.807, 2.05) is 32.7 Å². The number of aromatic nitrogens is 1. The minimum atomic E-state index is -0.397. The highest BCUT2D eigenvalue weighted by Crippen LogP contribution is 2.28. The van der Waals surface area contributed by atoms with E-state index in [1.165, 1.54) is 7.11 Å². The lowest BCUT2D eigenvalue weighted by Crippen LogP contribution is -2.19. The Bertz CT molecular complexity index is 374. The molecule has 0 aliphatic carbocycles. The highest BCUT2D eigenvalue weighted by Gasteiger charge is 2.29. The third-order valence-corrected chi connectivity index (χ3v) is 2.81. The van der Waals surface area contributed by atoms with Gasteiger partial charge in [-0.15, -0.1) is 0 Å². The summed E-state index contributed by atoms with van der Waals surface area (Å²) in [6.07, 6.45) is 0. The van der Waals surface area contributed by atoms with Crippen LogP contribution in [0.15, 0.2) is 10.6 Å². The molecule has 0 saturated carbocycles. The zero-order valence-corrected chi connectivity index (χ0v) is 11.1. The highest BCUT2D eigenvalue weighted by atomic mass is 16.5. The molecule has 1 atom stereocenters. The molecule has 0 bridgehead atoms. The van der Waals surface area contributed by atoms with Crippen LogP contribution in [0.5, 0.6) is 0 Å². The molecule has 0 saturated heterocycles. The van der Waals surface area contributed by atoms with Crippen LogP contribution in [-0.4, -0.2) is 31.8 Å². The number of methoxy groups -OCH3 is 1. The largest absolute Gasteiger partial charge is 0.468 e. The van der Waals surface area contributed by atoms with Gasteiger partial charge in [-0.2, -0.15) is 0 Å². The van der Waals surface area contributed by atoms with E-state index < -0.39 is 5.92 Å². The zero-order valence-electron chi connectivity index (χ0n) is 11.1. The number of rotatable bonds is 5. The molecule has 1 aromatic rings. The molecule has 0 amide bonds. The average molecular weight is 240 g/mol. The predicted octanol–water partition coefficient (Wildman–Crippen LogP) is 2.04. The molecule has 0 aliphatic heterocycles. The van der Waals surface area contributed by atoms with E-state index in [0.29, 0.717) is 5.76 Å². The van der Waals surface area contributed by atoms with Gasteiger partial charge < -0.3 is 14.2 Å². The molecular weight excluding hydrogens is 220 g/mol. The fourth-order valence-electron chi connectivity index (χ4n) is 1.61. The summed E-state index contributed by atoms with van der Waals surface area (Å²) in [5, 5.41) is 3.95. The second kappa shape index (κ2) is 5.70. The van der Waals surface area contributed by atoms with Crippen LogP contribution < -0.4 is 4.90 Å². The van der Waals surface area contributed by atoms with Crippen molar-refractivity contribution in [3.8, 4) is 0 Å². The zero-order chi connectivity index (χ0) is 13.0. The van der Waals surface area contributed by atoms with Crippen LogP contribution in [0, 0.1) is 5.92 Å². The van der Waals surface area contributed by atoms with Gasteiger partial charge in [0.25, 0.3) is 0 Å². The van der Waals surface area contributed by atoms with Gasteiger partial charge in [-0.3, -0.25) is 4.79 Å². The normalized spacial score (nSPS) is 12.6. The number of ether oxygens (including phenoxy) is 1. The quantitative estimate of drug-likeness (QED) is 0.737. The van der Waals surface area contributed by atoms with Crippen LogP contribution in [0.25, 0.3) is 0 Å². The molecule has 1 rings (SSSR count). The van der Waals surface area contributed by atoms with E-state index in [-0.39, 0.29) is 11.9 Å². The van der Waals surface area contributed by atoms with Gasteiger partial charge in [0.05, 0.1) is 7.11 Å². The summed E-state index contributed by atoms with van der Waals surface area (Å²) in [6.45, 7) is 6.76. The molecule has 5 nitrogen and oxygen atoms in total. The maximum atomic E-state index is 11.7. The first-order valence-electron chi connectivity index (χ1n) is 5.76. The van der Waals surface area contributed by atoms with Gasteiger partial charge in [-0.05, 0) is 12.8 Å². The van der Waals surface area contributed by atoms with Gasteiger partial charge in [0, 0.05) is 19.7 Å². The van der Waals surface area contributed by atoms with Gasteiger partial charge in [-0.1, -0.05) is 19.0 Å². The van der Waals surface area contributed by atoms with Crippen molar-refractivity contribution in [3.63, 3.8) is 0 Å². The fourth-order valence-corrected chi connectivity index (χ4v) is 1.61. The van der Waals surface area contributed by atoms with Crippen molar-refractivity contribution in [1.29, 1.82) is 0 Å². The van der Waals surface area contributed by atoms with Crippen molar-refractivity contribution >= 4 is 11.8 Å². The summed E-state index contributed by atoms with van der Waals surface area (Å²) in [7, 11) is 3.30. The topological polar surface area (TPSA) is 55.6 Å². The molecule has 0 aliphatic rings. The van der Waals surface area contributed by atoms with Crippen LogP contribution in [0.1, 0.15) is 32.4 Å². The second-order valence-electron chi connectivity index (χ2n) is 4.35. The molecule has 0 radical (unpaired) electrons. The smallest absolute Gasteiger partial charge is 0.316 e. The third kappa shape index (κ3) is 2.99. The lowest BCUT2D eigenvalue weighted by atomic mass is 9.93. The van der Waals surface area contributed by atoms with E-state index in [2.05, 4.69) is 5.16 Å². The Kier molecular flexibility index (Phi) is 4.54. The highest BCUT2D eigenvalue weighted by molar-refractivity contribution is 5.77. The number of esters is 1. The molecule has 17 heavy (non-hydrogen) atoms. The molecule has 96 valence electrons. The van der Waals surface area contributed by atoms with Crippen molar-refractivity contribution in [3.05, 3.63) is 11.8 Å². The lowest BCUT2D eigenvalue weighted by molar-refractivity contribution is -0.144. The Labute approximate surface area is 102 Å². The Morgan fingerprint density at radius 3 is 2.71 bits per heavy atom. The van der Waals surface area contributed by atoms with Crippen LogP contribution in [-0.2, 0) is 9.53 Å². The van der Waals surface area contributed by atoms with E-state index >= 15 is 0 Å². The van der Waals surface area contributed by atoms with Gasteiger partial charge in [-0.25, -0.2) is 0 Å². The number of anilines is 1. The molecular formula is C12H20N2O3. The number of nitrogens with zero attached hydrogens (tertiary/aromatic N) is 2. The van der Waals surface area contributed by atoms with E-state index in [9.17, 15) is 4.79 Å². The van der Waals surface area contributed by atoms with E-state index in [4.69, 9.17) is 9.26 Å². The molecule has 0 fully saturated rings. The van der Waals surface area contributed by atoms with Crippen molar-refractivity contribution < 1.29 is 14.1 Å². The summed E-state index contributed by atoms with van der Waals surface area (Å²) < 4.78 is 10.0. The Morgan fingerprint density at radius 2 is 2.24 bits per heavy atom. The van der Waals surface area contributed by atoms with Gasteiger partial charge in [0.2, 0.25) is 0 Å². The summed E-state index contributed by atoms with van der Waals surface area (Å²) in [4.78, 5) is 13.6. The monoisotopic (exact) mass is 240 g/mol. The third-order valence-electron chi connectivity index (χ3n) is 2.81. The maximum absolute atomic E-state index is 11.7. The second-order valence-corrected chi connectivity index (χ2v) is 4.35. The van der Waals surface area contributed by atoms with E-state index in [1.54, 1.807) is 6.07 Å². The summed E-state index contributed by atoms with van der Waals surface area (Å²) in [6, 6.07) is 1.80. The Hall–Kier alpha value is -1.52. The first-order chi connectivity index (χ1) is 8.01. The van der Waals surface area contributed by atoms with Crippen LogP contribution in [0.2, 0.25) is 0 Å². The molecule has 1 heterocycles. The van der Waals surface area contributed by atoms with Crippen molar-refractivity contribution in [2.24, 2.45) is 5.92 Å². The van der Waals surface area contributed by atoms with Crippen molar-refractivity contribution in [2.75, 3.05) is 25.6 Å². The van der Waals surface area contributed by atoms with Gasteiger partial charge in [0.15, 0.2) is 11.6 Å². The standard InChI is InChI=1S/C12H20N2O3/c1-6-14(4)10-7-9(17-13-10)11(8(2)3)12(15)16-5/h7-8,11H,6H2,1-5H3. The summed E-state index contributed by atoms with van der Waals surface area (Å²) >= 11 is 0. The first-order valence-corrected chi connectivity index (χ1v) is 5.76. The Morgan fingerprint density at radius 1 is 1.59 bits per heavy atom. The van der Waals surface area contributed by atoms with Crippen LogP contribution >= 0.6 is 0 Å². The lowest BCUT2D eigenvalue weighted by Gasteiger charge is -2.14. The number of hydrogen-bond donors (Lipinski definition) is 0. The first kappa shape index (κ1) is 13.5. The van der Waals surface area contributed by atoms with E-state index in [0.717, 1.165) is 12.4 Å². The fraction of sp³-hybridized carbons (Fsp3) is 0.667. The van der Waals surface area contributed by atoms with Crippen molar-refractivity contribution in [2.45, 2.75) is 26.7 Å². The number of carbonyl (C=O) groups is 1. The van der Waals surface area contributed by atoms with Gasteiger partial charge in [0.1, 0.15) is 5.92 Å². The van der Waals surface area contributed by atoms with Crippen LogP contribution in [0.4, 0.5) is 5.82 Å². The summed E-state index contributed by atoms with van der Waals surface area (Å²) in [5.41, 5.74) is 0. The molecule has 0 spiro atoms. The molecule has 0 N–H and O–H groups in total. The maximum Gasteiger partial charge on any atom is 0.316 e. The van der Waals surface area contributed by atoms with Crippen LogP contribution in [0.3, 0.4) is 0 Å². The number of carbonyl (C=O) groups excluding carboxylic acids is 1. The molecule has 0 aromatic carbocycles. The van der Waals surface area contributed by atoms with Gasteiger partial charge >= 0.3 is 5.97 Å². The SMILES string of the molecule is CCN(C)c1cc(C(C(=O)OC)C(C)C)on1. The van der Waals surface area contributed by atoms with Crippen molar-refractivity contribution in [1.82, 2.24) is 5.16 Å². The minimum Gasteiger partial charge on any atom is -0.468 e. The predicted molar refractivity (Wildman–Crippen MR) is 65.0 cm³/mol. The number of hydrogen-bond acceptors (Lipinski definition) is 5. The molecule has 1 aromatic heterocycles. The minimum absolute atomic E-state index is 0.107. The summed E-state index contributed by atoms with van der Waals surface area (Å²) in [5.74, 6) is 0.711.